The largest absolute Gasteiger partial charge is 0.497 e. The maximum absolute atomic E-state index is 12.9. The summed E-state index contributed by atoms with van der Waals surface area (Å²) >= 11 is 0. The van der Waals surface area contributed by atoms with E-state index < -0.39 is 5.41 Å². The Morgan fingerprint density at radius 2 is 1.80 bits per heavy atom. The van der Waals surface area contributed by atoms with Gasteiger partial charge in [-0.1, -0.05) is 6.07 Å². The van der Waals surface area contributed by atoms with Crippen molar-refractivity contribution in [3.05, 3.63) is 42.0 Å². The van der Waals surface area contributed by atoms with Gasteiger partial charge in [0.25, 0.3) is 0 Å². The molecular weight excluding hydrogens is 322 g/mol. The fraction of sp³-hybridized carbons (Fsp3) is 0.316. The molecule has 1 aliphatic rings. The number of rotatable bonds is 5. The summed E-state index contributed by atoms with van der Waals surface area (Å²) in [4.78, 5) is 12.9. The lowest BCUT2D eigenvalue weighted by Gasteiger charge is -2.25. The van der Waals surface area contributed by atoms with Gasteiger partial charge in [-0.15, -0.1) is 0 Å². The van der Waals surface area contributed by atoms with E-state index in [0.717, 1.165) is 5.56 Å². The third-order valence-corrected chi connectivity index (χ3v) is 4.32. The Hall–Kier alpha value is -2.89. The molecule has 0 unspecified atom stereocenters. The van der Waals surface area contributed by atoms with Gasteiger partial charge >= 0.3 is 0 Å². The van der Waals surface area contributed by atoms with Crippen LogP contribution in [0, 0.1) is 0 Å². The monoisotopic (exact) mass is 343 g/mol. The second kappa shape index (κ2) is 6.55. The predicted molar refractivity (Wildman–Crippen MR) is 93.8 cm³/mol. The van der Waals surface area contributed by atoms with Gasteiger partial charge in [-0.3, -0.25) is 4.79 Å². The molecule has 0 aliphatic carbocycles. The van der Waals surface area contributed by atoms with Crippen molar-refractivity contribution < 1.29 is 23.7 Å². The van der Waals surface area contributed by atoms with Gasteiger partial charge in [0.1, 0.15) is 11.5 Å². The summed E-state index contributed by atoms with van der Waals surface area (Å²) < 4.78 is 21.3. The maximum Gasteiger partial charge on any atom is 0.234 e. The Morgan fingerprint density at radius 1 is 1.04 bits per heavy atom. The first-order chi connectivity index (χ1) is 12.0. The van der Waals surface area contributed by atoms with Crippen LogP contribution in [0.3, 0.4) is 0 Å². The molecule has 0 spiro atoms. The van der Waals surface area contributed by atoms with Gasteiger partial charge in [-0.25, -0.2) is 0 Å². The van der Waals surface area contributed by atoms with Crippen LogP contribution in [0.25, 0.3) is 0 Å². The minimum absolute atomic E-state index is 0.169. The average molecular weight is 343 g/mol. The van der Waals surface area contributed by atoms with Crippen LogP contribution in [0.5, 0.6) is 23.0 Å². The highest BCUT2D eigenvalue weighted by Crippen LogP contribution is 2.37. The van der Waals surface area contributed by atoms with Crippen molar-refractivity contribution in [2.24, 2.45) is 0 Å². The summed E-state index contributed by atoms with van der Waals surface area (Å²) in [6, 6.07) is 10.8. The number of ether oxygens (including phenoxy) is 4. The van der Waals surface area contributed by atoms with Gasteiger partial charge in [0.05, 0.1) is 25.3 Å². The first kappa shape index (κ1) is 17.0. The lowest BCUT2D eigenvalue weighted by atomic mass is 9.83. The number of hydrogen-bond acceptors (Lipinski definition) is 5. The van der Waals surface area contributed by atoms with E-state index in [1.165, 1.54) is 0 Å². The molecule has 132 valence electrons. The first-order valence-corrected chi connectivity index (χ1v) is 7.89. The van der Waals surface area contributed by atoms with Gasteiger partial charge in [-0.2, -0.15) is 0 Å². The molecule has 1 amide bonds. The van der Waals surface area contributed by atoms with Gasteiger partial charge in [0.15, 0.2) is 11.5 Å². The predicted octanol–water partition coefficient (Wildman–Crippen LogP) is 3.35. The molecule has 0 bridgehead atoms. The quantitative estimate of drug-likeness (QED) is 0.902. The van der Waals surface area contributed by atoms with E-state index in [1.54, 1.807) is 32.4 Å². The molecular formula is C19H21NO5. The highest BCUT2D eigenvalue weighted by atomic mass is 16.7. The van der Waals surface area contributed by atoms with Crippen LogP contribution in [-0.4, -0.2) is 26.9 Å². The molecule has 2 aromatic carbocycles. The summed E-state index contributed by atoms with van der Waals surface area (Å²) in [6.07, 6.45) is 0. The number of anilines is 1. The second-order valence-corrected chi connectivity index (χ2v) is 6.21. The normalized spacial score (nSPS) is 12.6. The molecule has 1 N–H and O–H groups in total. The van der Waals surface area contributed by atoms with Crippen LogP contribution in [0.2, 0.25) is 0 Å². The molecule has 6 nitrogen and oxygen atoms in total. The van der Waals surface area contributed by atoms with Crippen molar-refractivity contribution >= 4 is 11.6 Å². The Bertz CT molecular complexity index is 800. The fourth-order valence-corrected chi connectivity index (χ4v) is 2.61. The molecule has 1 aliphatic heterocycles. The molecule has 0 saturated carbocycles. The summed E-state index contributed by atoms with van der Waals surface area (Å²) in [5.41, 5.74) is 0.603. The van der Waals surface area contributed by atoms with Gasteiger partial charge in [0.2, 0.25) is 12.7 Å². The summed E-state index contributed by atoms with van der Waals surface area (Å²) in [5, 5.41) is 2.93. The number of benzene rings is 2. The fourth-order valence-electron chi connectivity index (χ4n) is 2.61. The third kappa shape index (κ3) is 3.20. The molecule has 0 radical (unpaired) electrons. The van der Waals surface area contributed by atoms with E-state index in [0.29, 0.717) is 28.7 Å². The number of methoxy groups -OCH3 is 2. The van der Waals surface area contributed by atoms with Gasteiger partial charge < -0.3 is 24.3 Å². The number of fused-ring (bicyclic) bond motifs is 1. The van der Waals surface area contributed by atoms with Crippen molar-refractivity contribution in [1.82, 2.24) is 0 Å². The van der Waals surface area contributed by atoms with E-state index in [2.05, 4.69) is 5.32 Å². The van der Waals surface area contributed by atoms with E-state index >= 15 is 0 Å². The van der Waals surface area contributed by atoms with E-state index in [1.807, 2.05) is 32.0 Å². The van der Waals surface area contributed by atoms with Crippen LogP contribution >= 0.6 is 0 Å². The third-order valence-electron chi connectivity index (χ3n) is 4.32. The molecule has 0 atom stereocenters. The summed E-state index contributed by atoms with van der Waals surface area (Å²) in [7, 11) is 3.13. The van der Waals surface area contributed by atoms with Gasteiger partial charge in [0, 0.05) is 6.07 Å². The number of nitrogens with one attached hydrogen (secondary N) is 1. The SMILES string of the molecule is COc1ccc(OC)c(NC(=O)C(C)(C)c2ccc3c(c2)OCO3)c1. The molecule has 6 heteroatoms. The molecule has 0 fully saturated rings. The van der Waals surface area contributed by atoms with Crippen molar-refractivity contribution in [2.45, 2.75) is 19.3 Å². The van der Waals surface area contributed by atoms with Crippen LogP contribution in [0.4, 0.5) is 5.69 Å². The minimum atomic E-state index is -0.783. The van der Waals surface area contributed by atoms with Crippen LogP contribution in [-0.2, 0) is 10.2 Å². The summed E-state index contributed by atoms with van der Waals surface area (Å²) in [5.74, 6) is 2.37. The number of amides is 1. The second-order valence-electron chi connectivity index (χ2n) is 6.21. The maximum atomic E-state index is 12.9. The molecule has 0 aromatic heterocycles. The van der Waals surface area contributed by atoms with Crippen LogP contribution in [0.15, 0.2) is 36.4 Å². The number of hydrogen-bond donors (Lipinski definition) is 1. The lowest BCUT2D eigenvalue weighted by Crippen LogP contribution is -2.34. The zero-order valence-corrected chi connectivity index (χ0v) is 14.7. The Kier molecular flexibility index (Phi) is 4.44. The Labute approximate surface area is 146 Å². The van der Waals surface area contributed by atoms with Crippen molar-refractivity contribution in [3.8, 4) is 23.0 Å². The van der Waals surface area contributed by atoms with E-state index in [-0.39, 0.29) is 12.7 Å². The molecule has 25 heavy (non-hydrogen) atoms. The number of carbonyl (C=O) groups excluding carboxylic acids is 1. The smallest absolute Gasteiger partial charge is 0.234 e. The van der Waals surface area contributed by atoms with Crippen LogP contribution in [0.1, 0.15) is 19.4 Å². The molecule has 1 heterocycles. The van der Waals surface area contributed by atoms with E-state index in [4.69, 9.17) is 18.9 Å². The highest BCUT2D eigenvalue weighted by molar-refractivity contribution is 5.99. The molecule has 3 rings (SSSR count). The van der Waals surface area contributed by atoms with Crippen molar-refractivity contribution in [1.29, 1.82) is 0 Å². The Balaban J connectivity index is 1.87. The lowest BCUT2D eigenvalue weighted by molar-refractivity contribution is -0.120. The molecule has 2 aromatic rings. The topological polar surface area (TPSA) is 66.0 Å². The molecule has 0 saturated heterocycles. The highest BCUT2D eigenvalue weighted by Gasteiger charge is 2.32. The Morgan fingerprint density at radius 3 is 2.52 bits per heavy atom. The average Bonchev–Trinajstić information content (AvgIpc) is 3.09. The first-order valence-electron chi connectivity index (χ1n) is 7.89. The van der Waals surface area contributed by atoms with E-state index in [9.17, 15) is 4.79 Å². The minimum Gasteiger partial charge on any atom is -0.497 e. The van der Waals surface area contributed by atoms with Crippen molar-refractivity contribution in [3.63, 3.8) is 0 Å². The standard InChI is InChI=1S/C19H21NO5/c1-19(2,12-5-7-16-17(9-12)25-11-24-16)18(21)20-14-10-13(22-3)6-8-15(14)23-4/h5-10H,11H2,1-4H3,(H,20,21). The van der Waals surface area contributed by atoms with Gasteiger partial charge in [-0.05, 0) is 43.7 Å². The number of carbonyl (C=O) groups is 1. The zero-order valence-electron chi connectivity index (χ0n) is 14.7. The van der Waals surface area contributed by atoms with Crippen molar-refractivity contribution in [2.75, 3.05) is 26.3 Å². The zero-order chi connectivity index (χ0) is 18.0. The summed E-state index contributed by atoms with van der Waals surface area (Å²) in [6.45, 7) is 3.91. The van der Waals surface area contributed by atoms with Crippen LogP contribution < -0.4 is 24.3 Å².